The number of rotatable bonds is 2. The Labute approximate surface area is 173 Å². The molecule has 0 N–H and O–H groups in total. The van der Waals surface area contributed by atoms with Crippen LogP contribution in [-0.2, 0) is 13.1 Å². The lowest BCUT2D eigenvalue weighted by Gasteiger charge is -2.19. The van der Waals surface area contributed by atoms with Gasteiger partial charge in [-0.25, -0.2) is 0 Å². The van der Waals surface area contributed by atoms with Gasteiger partial charge in [0, 0.05) is 46.9 Å². The Morgan fingerprint density at radius 3 is 2.40 bits per heavy atom. The second-order valence-corrected chi connectivity index (χ2v) is 7.96. The number of carbonyl (C=O) groups excluding carboxylic acids is 2. The Kier molecular flexibility index (Phi) is 3.62. The maximum absolute atomic E-state index is 12.7. The van der Waals surface area contributed by atoms with Crippen molar-refractivity contribution in [3.63, 3.8) is 0 Å². The van der Waals surface area contributed by atoms with E-state index < -0.39 is 0 Å². The van der Waals surface area contributed by atoms with Crippen LogP contribution in [0.25, 0.3) is 10.8 Å². The van der Waals surface area contributed by atoms with Crippen LogP contribution in [0.3, 0.4) is 0 Å². The minimum atomic E-state index is -0.172. The Morgan fingerprint density at radius 1 is 0.867 bits per heavy atom. The van der Waals surface area contributed by atoms with E-state index in [1.54, 1.807) is 30.3 Å². The molecule has 0 spiro atoms. The third-order valence-electron chi connectivity index (χ3n) is 6.20. The minimum absolute atomic E-state index is 0.172. The molecule has 2 heterocycles. The molecule has 1 aromatic heterocycles. The number of hydrogen-bond donors (Lipinski definition) is 0. The Balaban J connectivity index is 1.22. The molecule has 0 saturated carbocycles. The molecule has 2 aliphatic carbocycles. The normalized spacial score (nSPS) is 17.3. The Hall–Kier alpha value is -3.79. The molecular formula is C26H18N2O2. The number of hydrogen-bond acceptors (Lipinski definition) is 4. The number of Topliss-reactive ketones (excluding diaryl/α,β-unsaturated/α-hetero) is 2. The quantitative estimate of drug-likeness (QED) is 0.467. The second kappa shape index (κ2) is 6.36. The maximum Gasteiger partial charge on any atom is 0.197 e. The molecule has 4 nitrogen and oxygen atoms in total. The number of allylic oxidation sites excluding steroid dienone is 5. The lowest BCUT2D eigenvalue weighted by Crippen LogP contribution is -2.15. The van der Waals surface area contributed by atoms with Crippen molar-refractivity contribution in [1.82, 2.24) is 9.88 Å². The van der Waals surface area contributed by atoms with Crippen molar-refractivity contribution in [3.05, 3.63) is 112 Å². The van der Waals surface area contributed by atoms with Crippen molar-refractivity contribution < 1.29 is 9.59 Å². The van der Waals surface area contributed by atoms with E-state index in [9.17, 15) is 9.59 Å². The molecule has 0 amide bonds. The average molecular weight is 390 g/mol. The second-order valence-electron chi connectivity index (χ2n) is 7.96. The Bertz CT molecular complexity index is 1320. The fraction of sp³-hybridized carbons (Fsp3) is 0.115. The van der Waals surface area contributed by atoms with Crippen molar-refractivity contribution in [3.8, 4) is 0 Å². The molecule has 4 heteroatoms. The lowest BCUT2D eigenvalue weighted by molar-refractivity contribution is 0.0988. The molecule has 3 aliphatic rings. The number of nitrogens with zero attached hydrogens (tertiary/aromatic N) is 2. The van der Waals surface area contributed by atoms with Crippen molar-refractivity contribution in [2.24, 2.45) is 0 Å². The molecule has 0 saturated heterocycles. The van der Waals surface area contributed by atoms with Gasteiger partial charge >= 0.3 is 0 Å². The van der Waals surface area contributed by atoms with E-state index in [0.717, 1.165) is 24.4 Å². The smallest absolute Gasteiger partial charge is 0.197 e. The predicted octanol–water partition coefficient (Wildman–Crippen LogP) is 4.77. The molecule has 0 bridgehead atoms. The van der Waals surface area contributed by atoms with E-state index in [1.807, 2.05) is 18.3 Å². The summed E-state index contributed by atoms with van der Waals surface area (Å²) in [5.41, 5.74) is 5.88. The van der Waals surface area contributed by atoms with Crippen LogP contribution in [0.1, 0.15) is 38.4 Å². The summed E-state index contributed by atoms with van der Waals surface area (Å²) in [6, 6.07) is 15.4. The first-order valence-corrected chi connectivity index (χ1v) is 10.1. The molecule has 3 aromatic rings. The highest BCUT2D eigenvalue weighted by molar-refractivity contribution is 6.39. The first kappa shape index (κ1) is 17.1. The minimum Gasteiger partial charge on any atom is -0.364 e. The highest BCUT2D eigenvalue weighted by atomic mass is 16.2. The van der Waals surface area contributed by atoms with Crippen molar-refractivity contribution >= 4 is 22.3 Å². The zero-order chi connectivity index (χ0) is 20.2. The molecular weight excluding hydrogens is 372 g/mol. The fourth-order valence-electron chi connectivity index (χ4n) is 4.64. The third kappa shape index (κ3) is 2.50. The van der Waals surface area contributed by atoms with Crippen LogP contribution in [0.2, 0.25) is 0 Å². The average Bonchev–Trinajstić information content (AvgIpc) is 3.48. The van der Waals surface area contributed by atoms with E-state index in [-0.39, 0.29) is 17.1 Å². The number of aromatic nitrogens is 1. The summed E-state index contributed by atoms with van der Waals surface area (Å²) in [6.07, 6.45) is 8.54. The lowest BCUT2D eigenvalue weighted by atomic mass is 10.1. The Morgan fingerprint density at radius 2 is 1.60 bits per heavy atom. The maximum atomic E-state index is 12.7. The van der Waals surface area contributed by atoms with Gasteiger partial charge in [0.25, 0.3) is 0 Å². The zero-order valence-corrected chi connectivity index (χ0v) is 16.3. The van der Waals surface area contributed by atoms with Crippen LogP contribution >= 0.6 is 0 Å². The summed E-state index contributed by atoms with van der Waals surface area (Å²) < 4.78 is 0. The van der Waals surface area contributed by atoms with Crippen LogP contribution in [0.5, 0.6) is 0 Å². The monoisotopic (exact) mass is 390 g/mol. The van der Waals surface area contributed by atoms with Crippen LogP contribution in [0.15, 0.2) is 89.8 Å². The zero-order valence-electron chi connectivity index (χ0n) is 16.3. The highest BCUT2D eigenvalue weighted by Gasteiger charge is 2.33. The van der Waals surface area contributed by atoms with Gasteiger partial charge in [0.1, 0.15) is 0 Å². The van der Waals surface area contributed by atoms with Gasteiger partial charge in [-0.2, -0.15) is 0 Å². The van der Waals surface area contributed by atoms with Crippen LogP contribution < -0.4 is 0 Å². The largest absolute Gasteiger partial charge is 0.364 e. The molecule has 0 fully saturated rings. The van der Waals surface area contributed by atoms with Crippen molar-refractivity contribution in [1.29, 1.82) is 0 Å². The van der Waals surface area contributed by atoms with Gasteiger partial charge < -0.3 is 4.90 Å². The van der Waals surface area contributed by atoms with E-state index in [2.05, 4.69) is 34.2 Å². The van der Waals surface area contributed by atoms with Crippen molar-refractivity contribution in [2.75, 3.05) is 0 Å². The SMILES string of the molecule is O=C1C(=CC2=CC=C(N3Cc4ncc5ccccc5c4C3)C2)C(=O)c2ccccc21. The third-order valence-corrected chi connectivity index (χ3v) is 6.20. The van der Waals surface area contributed by atoms with E-state index in [4.69, 9.17) is 0 Å². The molecule has 30 heavy (non-hydrogen) atoms. The van der Waals surface area contributed by atoms with Crippen LogP contribution in [-0.4, -0.2) is 21.5 Å². The molecule has 6 rings (SSSR count). The van der Waals surface area contributed by atoms with Gasteiger partial charge in [0.05, 0.1) is 17.8 Å². The van der Waals surface area contributed by atoms with E-state index >= 15 is 0 Å². The number of pyridine rings is 1. The number of carbonyl (C=O) groups is 2. The number of ketones is 2. The summed E-state index contributed by atoms with van der Waals surface area (Å²) in [7, 11) is 0. The first-order chi connectivity index (χ1) is 14.7. The van der Waals surface area contributed by atoms with E-state index in [1.165, 1.54) is 22.0 Å². The van der Waals surface area contributed by atoms with Gasteiger partial charge in [-0.1, -0.05) is 54.6 Å². The fourth-order valence-corrected chi connectivity index (χ4v) is 4.64. The molecule has 0 atom stereocenters. The summed E-state index contributed by atoms with van der Waals surface area (Å²) >= 11 is 0. The standard InChI is InChI=1S/C26H18N2O2/c29-25-20-7-3-4-8-21(20)26(30)22(25)12-16-9-10-18(11-16)28-14-23-19-6-2-1-5-17(19)13-27-24(23)15-28/h1-10,12-13H,11,14-15H2. The first-order valence-electron chi connectivity index (χ1n) is 10.1. The van der Waals surface area contributed by atoms with Crippen LogP contribution in [0, 0.1) is 0 Å². The van der Waals surface area contributed by atoms with Gasteiger partial charge in [-0.05, 0) is 23.1 Å². The van der Waals surface area contributed by atoms with Gasteiger partial charge in [-0.3, -0.25) is 14.6 Å². The predicted molar refractivity (Wildman–Crippen MR) is 115 cm³/mol. The van der Waals surface area contributed by atoms with Gasteiger partial charge in [0.15, 0.2) is 11.6 Å². The highest BCUT2D eigenvalue weighted by Crippen LogP contribution is 2.35. The van der Waals surface area contributed by atoms with Gasteiger partial charge in [0.2, 0.25) is 0 Å². The summed E-state index contributed by atoms with van der Waals surface area (Å²) in [5.74, 6) is -0.344. The summed E-state index contributed by atoms with van der Waals surface area (Å²) in [5, 5.41) is 2.43. The van der Waals surface area contributed by atoms with Crippen LogP contribution in [0.4, 0.5) is 0 Å². The molecule has 144 valence electrons. The topological polar surface area (TPSA) is 50.3 Å². The summed E-state index contributed by atoms with van der Waals surface area (Å²) in [6.45, 7) is 1.61. The molecule has 0 radical (unpaired) electrons. The van der Waals surface area contributed by atoms with E-state index in [0.29, 0.717) is 17.5 Å². The molecule has 1 aliphatic heterocycles. The summed E-state index contributed by atoms with van der Waals surface area (Å²) in [4.78, 5) is 32.3. The molecule has 0 unspecified atom stereocenters. The molecule has 2 aromatic carbocycles. The number of fused-ring (bicyclic) bond motifs is 4. The number of benzene rings is 2. The van der Waals surface area contributed by atoms with Crippen molar-refractivity contribution in [2.45, 2.75) is 19.5 Å². The van der Waals surface area contributed by atoms with Gasteiger partial charge in [-0.15, -0.1) is 0 Å².